The number of hydrogen-bond acceptors (Lipinski definition) is 5. The first-order valence-corrected chi connectivity index (χ1v) is 8.86. The molecule has 0 saturated carbocycles. The number of nitrogens with zero attached hydrogens (tertiary/aromatic N) is 1. The third-order valence-electron chi connectivity index (χ3n) is 4.61. The highest BCUT2D eigenvalue weighted by atomic mass is 79.9. The van der Waals surface area contributed by atoms with Crippen molar-refractivity contribution in [2.24, 2.45) is 0 Å². The zero-order chi connectivity index (χ0) is 18.3. The van der Waals surface area contributed by atoms with Crippen molar-refractivity contribution in [3.63, 3.8) is 0 Å². The molecular weight excluding hydrogens is 400 g/mol. The predicted molar refractivity (Wildman–Crippen MR) is 94.8 cm³/mol. The van der Waals surface area contributed by atoms with Crippen LogP contribution in [0.5, 0.6) is 11.5 Å². The Labute approximate surface area is 157 Å². The summed E-state index contributed by atoms with van der Waals surface area (Å²) in [4.78, 5) is 23.1. The average Bonchev–Trinajstić information content (AvgIpc) is 3.18. The number of nitriles is 1. The van der Waals surface area contributed by atoms with E-state index in [1.54, 1.807) is 18.2 Å². The number of halogens is 1. The Bertz CT molecular complexity index is 966. The highest BCUT2D eigenvalue weighted by Gasteiger charge is 2.42. The monoisotopic (exact) mass is 412 g/mol. The number of fused-ring (bicyclic) bond motifs is 1. The first kappa shape index (κ1) is 16.6. The van der Waals surface area contributed by atoms with Gasteiger partial charge in [-0.2, -0.15) is 5.26 Å². The van der Waals surface area contributed by atoms with Crippen LogP contribution in [-0.2, 0) is 16.0 Å². The number of amides is 2. The third-order valence-corrected chi connectivity index (χ3v) is 5.23. The number of benzene rings is 2. The van der Waals surface area contributed by atoms with Gasteiger partial charge in [0.15, 0.2) is 6.10 Å². The van der Waals surface area contributed by atoms with Crippen molar-refractivity contribution in [2.45, 2.75) is 24.9 Å². The summed E-state index contributed by atoms with van der Waals surface area (Å²) in [5.41, 5.74) is 2.63. The standard InChI is InChI=1S/C19H13BrN2O4/c20-15-7-10(9-21)1-6-16(15)25-12-3-5-13-11(8-12)2-4-14(13)17-18(23)22-19(24)26-17/h1,3,5-8,14,17H,2,4H2,(H,22,23,24)/t14-,17-/m1/s1. The minimum atomic E-state index is -0.761. The summed E-state index contributed by atoms with van der Waals surface area (Å²) in [5.74, 6) is 0.770. The minimum Gasteiger partial charge on any atom is -0.456 e. The molecule has 6 nitrogen and oxygen atoms in total. The van der Waals surface area contributed by atoms with E-state index in [9.17, 15) is 9.59 Å². The molecule has 0 aromatic heterocycles. The summed E-state index contributed by atoms with van der Waals surface area (Å²) in [6.45, 7) is 0. The SMILES string of the molecule is N#Cc1ccc(Oc2ccc3c(c2)CC[C@H]3[C@H]2OC(=O)NC2=O)c(Br)c1. The smallest absolute Gasteiger partial charge is 0.414 e. The molecule has 130 valence electrons. The van der Waals surface area contributed by atoms with Gasteiger partial charge in [0.25, 0.3) is 5.91 Å². The number of aryl methyl sites for hydroxylation is 1. The maximum atomic E-state index is 11.9. The van der Waals surface area contributed by atoms with Crippen molar-refractivity contribution in [2.75, 3.05) is 0 Å². The van der Waals surface area contributed by atoms with Crippen molar-refractivity contribution in [1.82, 2.24) is 5.32 Å². The van der Waals surface area contributed by atoms with E-state index in [1.807, 2.05) is 18.2 Å². The van der Waals surface area contributed by atoms with Gasteiger partial charge >= 0.3 is 6.09 Å². The number of hydrogen-bond donors (Lipinski definition) is 1. The molecule has 1 saturated heterocycles. The van der Waals surface area contributed by atoms with Crippen LogP contribution in [0.4, 0.5) is 4.79 Å². The first-order chi connectivity index (χ1) is 12.5. The van der Waals surface area contributed by atoms with Crippen molar-refractivity contribution in [1.29, 1.82) is 5.26 Å². The van der Waals surface area contributed by atoms with E-state index in [-0.39, 0.29) is 11.8 Å². The van der Waals surface area contributed by atoms with E-state index >= 15 is 0 Å². The van der Waals surface area contributed by atoms with Crippen LogP contribution in [0.1, 0.15) is 29.0 Å². The second-order valence-corrected chi connectivity index (χ2v) is 7.03. The van der Waals surface area contributed by atoms with E-state index in [0.717, 1.165) is 24.0 Å². The maximum absolute atomic E-state index is 11.9. The van der Waals surface area contributed by atoms with Crippen LogP contribution in [0, 0.1) is 11.3 Å². The lowest BCUT2D eigenvalue weighted by Gasteiger charge is -2.16. The van der Waals surface area contributed by atoms with Crippen LogP contribution in [0.3, 0.4) is 0 Å². The Morgan fingerprint density at radius 2 is 2.08 bits per heavy atom. The summed E-state index contributed by atoms with van der Waals surface area (Å²) >= 11 is 3.41. The quantitative estimate of drug-likeness (QED) is 0.828. The average molecular weight is 413 g/mol. The summed E-state index contributed by atoms with van der Waals surface area (Å²) in [5, 5.41) is 11.1. The largest absolute Gasteiger partial charge is 0.456 e. The summed E-state index contributed by atoms with van der Waals surface area (Å²) in [6, 6.07) is 12.9. The molecule has 0 unspecified atom stereocenters. The number of rotatable bonds is 3. The Morgan fingerprint density at radius 1 is 1.23 bits per heavy atom. The van der Waals surface area contributed by atoms with Crippen LogP contribution < -0.4 is 10.1 Å². The fourth-order valence-corrected chi connectivity index (χ4v) is 3.88. The van der Waals surface area contributed by atoms with Crippen LogP contribution in [0.15, 0.2) is 40.9 Å². The number of ether oxygens (including phenoxy) is 2. The molecule has 0 spiro atoms. The van der Waals surface area contributed by atoms with E-state index < -0.39 is 12.2 Å². The molecule has 1 fully saturated rings. The van der Waals surface area contributed by atoms with Crippen molar-refractivity contribution in [3.8, 4) is 17.6 Å². The zero-order valence-electron chi connectivity index (χ0n) is 13.5. The lowest BCUT2D eigenvalue weighted by molar-refractivity contribution is -0.124. The van der Waals surface area contributed by atoms with Gasteiger partial charge in [0.05, 0.1) is 16.1 Å². The number of carbonyl (C=O) groups is 2. The van der Waals surface area contributed by atoms with Crippen LogP contribution in [-0.4, -0.2) is 18.1 Å². The molecule has 1 heterocycles. The second-order valence-electron chi connectivity index (χ2n) is 6.18. The maximum Gasteiger partial charge on any atom is 0.414 e. The molecule has 0 radical (unpaired) electrons. The predicted octanol–water partition coefficient (Wildman–Crippen LogP) is 3.78. The fraction of sp³-hybridized carbons (Fsp3) is 0.211. The van der Waals surface area contributed by atoms with Gasteiger partial charge in [0.2, 0.25) is 0 Å². The molecule has 2 atom stereocenters. The second kappa shape index (κ2) is 6.46. The third kappa shape index (κ3) is 2.93. The fourth-order valence-electron chi connectivity index (χ4n) is 3.42. The molecule has 26 heavy (non-hydrogen) atoms. The van der Waals surface area contributed by atoms with Crippen molar-refractivity contribution < 1.29 is 19.1 Å². The van der Waals surface area contributed by atoms with Gasteiger partial charge in [0.1, 0.15) is 11.5 Å². The number of nitrogens with one attached hydrogen (secondary N) is 1. The molecule has 0 bridgehead atoms. The number of carbonyl (C=O) groups excluding carboxylic acids is 2. The Kier molecular flexibility index (Phi) is 4.13. The van der Waals surface area contributed by atoms with Crippen LogP contribution in [0.2, 0.25) is 0 Å². The topological polar surface area (TPSA) is 88.4 Å². The van der Waals surface area contributed by atoms with Crippen molar-refractivity contribution >= 4 is 27.9 Å². The van der Waals surface area contributed by atoms with Crippen molar-refractivity contribution in [3.05, 3.63) is 57.6 Å². The minimum absolute atomic E-state index is 0.132. The Balaban J connectivity index is 1.56. The zero-order valence-corrected chi connectivity index (χ0v) is 15.1. The van der Waals surface area contributed by atoms with Gasteiger partial charge in [0, 0.05) is 5.92 Å². The van der Waals surface area contributed by atoms with E-state index in [1.165, 1.54) is 0 Å². The van der Waals surface area contributed by atoms with Gasteiger partial charge in [-0.15, -0.1) is 0 Å². The van der Waals surface area contributed by atoms with Gasteiger partial charge in [-0.1, -0.05) is 6.07 Å². The molecule has 2 aromatic rings. The van der Waals surface area contributed by atoms with E-state index in [2.05, 4.69) is 27.3 Å². The highest BCUT2D eigenvalue weighted by molar-refractivity contribution is 9.10. The molecule has 1 N–H and O–H groups in total. The number of alkyl carbamates (subject to hydrolysis) is 1. The van der Waals surface area contributed by atoms with Gasteiger partial charge in [-0.3, -0.25) is 10.1 Å². The highest BCUT2D eigenvalue weighted by Crippen LogP contribution is 2.40. The molecule has 2 aromatic carbocycles. The normalized spacial score (nSPS) is 20.9. The molecule has 2 aliphatic rings. The van der Waals surface area contributed by atoms with E-state index in [0.29, 0.717) is 21.5 Å². The summed E-state index contributed by atoms with van der Waals surface area (Å²) in [6.07, 6.45) is 0.0832. The summed E-state index contributed by atoms with van der Waals surface area (Å²) < 4.78 is 11.7. The molecule has 4 rings (SSSR count). The Hall–Kier alpha value is -2.85. The lowest BCUT2D eigenvalue weighted by atomic mass is 9.95. The molecule has 2 amide bonds. The van der Waals surface area contributed by atoms with Gasteiger partial charge in [-0.05, 0) is 70.2 Å². The lowest BCUT2D eigenvalue weighted by Crippen LogP contribution is -2.28. The molecule has 1 aliphatic carbocycles. The first-order valence-electron chi connectivity index (χ1n) is 8.07. The molecular formula is C19H13BrN2O4. The summed E-state index contributed by atoms with van der Waals surface area (Å²) in [7, 11) is 0. The Morgan fingerprint density at radius 3 is 2.77 bits per heavy atom. The van der Waals surface area contributed by atoms with Gasteiger partial charge in [-0.25, -0.2) is 4.79 Å². The molecule has 1 aliphatic heterocycles. The van der Waals surface area contributed by atoms with E-state index in [4.69, 9.17) is 14.7 Å². The van der Waals surface area contributed by atoms with Crippen LogP contribution in [0.25, 0.3) is 0 Å². The molecule has 7 heteroatoms. The number of cyclic esters (lactones) is 1. The van der Waals surface area contributed by atoms with Gasteiger partial charge < -0.3 is 9.47 Å². The van der Waals surface area contributed by atoms with Crippen LogP contribution >= 0.6 is 15.9 Å². The number of imide groups is 1.